The lowest BCUT2D eigenvalue weighted by Crippen LogP contribution is -1.61. The van der Waals surface area contributed by atoms with E-state index in [9.17, 15) is 0 Å². The first-order chi connectivity index (χ1) is 10.6. The third kappa shape index (κ3) is 180. The van der Waals surface area contributed by atoms with E-state index in [4.69, 9.17) is 0 Å². The van der Waals surface area contributed by atoms with Crippen LogP contribution in [-0.2, 0) is 0 Å². The highest BCUT2D eigenvalue weighted by molar-refractivity contribution is 4.64. The van der Waals surface area contributed by atoms with Crippen LogP contribution in [0, 0.1) is 0 Å². The van der Waals surface area contributed by atoms with E-state index >= 15 is 0 Å². The maximum Gasteiger partial charge on any atom is -0.0354 e. The predicted octanol–water partition coefficient (Wildman–Crippen LogP) is 8.69. The van der Waals surface area contributed by atoms with Gasteiger partial charge >= 0.3 is 0 Å². The molecule has 0 radical (unpaired) electrons. The summed E-state index contributed by atoms with van der Waals surface area (Å²) in [5.74, 6) is 0. The van der Waals surface area contributed by atoms with Crippen molar-refractivity contribution in [2.75, 3.05) is 0 Å². The van der Waals surface area contributed by atoms with Crippen LogP contribution in [0.2, 0.25) is 0 Å². The van der Waals surface area contributed by atoms with Crippen LogP contribution < -0.4 is 0 Å². The lowest BCUT2D eigenvalue weighted by atomic mass is 10.3. The van der Waals surface area contributed by atoms with Crippen LogP contribution in [-0.4, -0.2) is 0 Å². The second kappa shape index (κ2) is 60.2. The molecule has 0 saturated carbocycles. The summed E-state index contributed by atoms with van der Waals surface area (Å²) < 4.78 is 0. The minimum Gasteiger partial charge on any atom is -0.103 e. The first-order valence-corrected chi connectivity index (χ1v) is 8.62. The van der Waals surface area contributed by atoms with Crippen molar-refractivity contribution >= 4 is 0 Å². The highest BCUT2D eigenvalue weighted by atomic mass is 13.8. The van der Waals surface area contributed by atoms with Gasteiger partial charge in [-0.3, -0.25) is 0 Å². The van der Waals surface area contributed by atoms with Crippen molar-refractivity contribution in [3.05, 3.63) is 63.3 Å². The number of rotatable bonds is 7. The second-order valence-corrected chi connectivity index (χ2v) is 4.22. The molecular weight excluding hydrogens is 264 g/mol. The van der Waals surface area contributed by atoms with Gasteiger partial charge < -0.3 is 0 Å². The van der Waals surface area contributed by atoms with Crippen LogP contribution >= 0.6 is 0 Å². The van der Waals surface area contributed by atoms with Crippen LogP contribution in [0.15, 0.2) is 63.3 Å². The van der Waals surface area contributed by atoms with Gasteiger partial charge in [0, 0.05) is 0 Å². The van der Waals surface area contributed by atoms with E-state index in [0.717, 1.165) is 25.7 Å². The van der Waals surface area contributed by atoms with Crippen molar-refractivity contribution < 1.29 is 0 Å². The number of hydrogen-bond acceptors (Lipinski definition) is 0. The molecule has 0 N–H and O–H groups in total. The van der Waals surface area contributed by atoms with Crippen LogP contribution in [0.5, 0.6) is 0 Å². The Kier molecular flexibility index (Phi) is 89.1. The minimum atomic E-state index is 1.08. The SMILES string of the molecule is C=CCC.C=CCC.C=CCC.C=CCC.C=CCCCC. The second-order valence-electron chi connectivity index (χ2n) is 4.22. The zero-order chi connectivity index (χ0) is 18.5. The van der Waals surface area contributed by atoms with Gasteiger partial charge in [0.2, 0.25) is 0 Å². The molecular formula is C22H44. The lowest BCUT2D eigenvalue weighted by Gasteiger charge is -1.81. The Bertz CT molecular complexity index is 154. The van der Waals surface area contributed by atoms with Gasteiger partial charge in [-0.05, 0) is 32.1 Å². The molecule has 0 aliphatic carbocycles. The first-order valence-electron chi connectivity index (χ1n) is 8.62. The summed E-state index contributed by atoms with van der Waals surface area (Å²) in [6, 6.07) is 0. The van der Waals surface area contributed by atoms with Crippen LogP contribution in [0.3, 0.4) is 0 Å². The predicted molar refractivity (Wildman–Crippen MR) is 112 cm³/mol. The molecule has 0 nitrogen and oxygen atoms in total. The van der Waals surface area contributed by atoms with Crippen LogP contribution in [0.4, 0.5) is 0 Å². The maximum atomic E-state index is 3.60. The first kappa shape index (κ1) is 32.6. The van der Waals surface area contributed by atoms with E-state index in [-0.39, 0.29) is 0 Å². The van der Waals surface area contributed by atoms with Gasteiger partial charge in [-0.2, -0.15) is 0 Å². The molecule has 0 aromatic carbocycles. The summed E-state index contributed by atoms with van der Waals surface area (Å²) in [4.78, 5) is 0. The molecule has 0 unspecified atom stereocenters. The van der Waals surface area contributed by atoms with Gasteiger partial charge in [0.15, 0.2) is 0 Å². The van der Waals surface area contributed by atoms with Crippen molar-refractivity contribution in [3.8, 4) is 0 Å². The molecule has 22 heavy (non-hydrogen) atoms. The molecule has 0 amide bonds. The maximum absolute atomic E-state index is 3.60. The van der Waals surface area contributed by atoms with Crippen molar-refractivity contribution in [1.82, 2.24) is 0 Å². The van der Waals surface area contributed by atoms with E-state index in [0.29, 0.717) is 0 Å². The smallest absolute Gasteiger partial charge is 0.0354 e. The van der Waals surface area contributed by atoms with Crippen LogP contribution in [0.25, 0.3) is 0 Å². The quantitative estimate of drug-likeness (QED) is 0.326. The van der Waals surface area contributed by atoms with E-state index < -0.39 is 0 Å². The summed E-state index contributed by atoms with van der Waals surface area (Å²) in [7, 11) is 0. The molecule has 0 aliphatic heterocycles. The average Bonchev–Trinajstić information content (AvgIpc) is 2.60. The summed E-state index contributed by atoms with van der Waals surface area (Å²) in [5.41, 5.74) is 0. The molecule has 0 aromatic heterocycles. The fraction of sp³-hybridized carbons (Fsp3) is 0.545. The average molecular weight is 309 g/mol. The monoisotopic (exact) mass is 308 g/mol. The van der Waals surface area contributed by atoms with Crippen molar-refractivity contribution in [2.24, 2.45) is 0 Å². The Balaban J connectivity index is -0.0000000555. The molecule has 0 atom stereocenters. The molecule has 0 heteroatoms. The number of hydrogen-bond donors (Lipinski definition) is 0. The van der Waals surface area contributed by atoms with Gasteiger partial charge in [-0.1, -0.05) is 77.8 Å². The molecule has 0 fully saturated rings. The van der Waals surface area contributed by atoms with E-state index in [1.54, 1.807) is 0 Å². The van der Waals surface area contributed by atoms with Crippen molar-refractivity contribution in [1.29, 1.82) is 0 Å². The van der Waals surface area contributed by atoms with E-state index in [1.807, 2.05) is 30.4 Å². The molecule has 132 valence electrons. The summed E-state index contributed by atoms with van der Waals surface area (Å²) in [6.07, 6.45) is 17.6. The Hall–Kier alpha value is -1.30. The Labute approximate surface area is 143 Å². The third-order valence-electron chi connectivity index (χ3n) is 1.92. The standard InChI is InChI=1S/C6H12.4C4H8/c1-3-5-6-4-2;4*1-3-4-2/h3H,1,4-6H2,2H3;4*3H,1,4H2,2H3. The Morgan fingerprint density at radius 1 is 0.500 bits per heavy atom. The van der Waals surface area contributed by atoms with Gasteiger partial charge in [0.1, 0.15) is 0 Å². The number of allylic oxidation sites excluding steroid dienone is 5. The zero-order valence-corrected chi connectivity index (χ0v) is 16.4. The van der Waals surface area contributed by atoms with E-state index in [2.05, 4.69) is 67.5 Å². The Morgan fingerprint density at radius 3 is 0.773 bits per heavy atom. The molecule has 0 saturated heterocycles. The van der Waals surface area contributed by atoms with Gasteiger partial charge in [-0.15, -0.1) is 32.9 Å². The number of unbranched alkanes of at least 4 members (excludes halogenated alkanes) is 2. The summed E-state index contributed by atoms with van der Waals surface area (Å²) in [5, 5.41) is 0. The highest BCUT2D eigenvalue weighted by Crippen LogP contribution is 1.91. The topological polar surface area (TPSA) is 0 Å². The van der Waals surface area contributed by atoms with Crippen LogP contribution in [0.1, 0.15) is 79.6 Å². The van der Waals surface area contributed by atoms with Gasteiger partial charge in [0.25, 0.3) is 0 Å². The molecule has 0 spiro atoms. The molecule has 0 heterocycles. The van der Waals surface area contributed by atoms with Crippen molar-refractivity contribution in [2.45, 2.75) is 79.6 Å². The highest BCUT2D eigenvalue weighted by Gasteiger charge is 1.71. The molecule has 0 bridgehead atoms. The van der Waals surface area contributed by atoms with E-state index in [1.165, 1.54) is 19.3 Å². The minimum absolute atomic E-state index is 1.08. The van der Waals surface area contributed by atoms with Gasteiger partial charge in [-0.25, -0.2) is 0 Å². The Morgan fingerprint density at radius 2 is 0.727 bits per heavy atom. The largest absolute Gasteiger partial charge is 0.103 e. The lowest BCUT2D eigenvalue weighted by molar-refractivity contribution is 0.816. The fourth-order valence-electron chi connectivity index (χ4n) is 0.348. The van der Waals surface area contributed by atoms with Gasteiger partial charge in [0.05, 0.1) is 0 Å². The summed E-state index contributed by atoms with van der Waals surface area (Å²) >= 11 is 0. The fourth-order valence-corrected chi connectivity index (χ4v) is 0.348. The normalized spacial score (nSPS) is 6.77. The molecule has 0 rings (SSSR count). The molecule has 0 aliphatic rings. The molecule has 0 aromatic rings. The van der Waals surface area contributed by atoms with Crippen molar-refractivity contribution in [3.63, 3.8) is 0 Å². The zero-order valence-electron chi connectivity index (χ0n) is 16.4. The third-order valence-corrected chi connectivity index (χ3v) is 1.92. The summed E-state index contributed by atoms with van der Waals surface area (Å²) in [6.45, 7) is 27.9.